The van der Waals surface area contributed by atoms with Crippen LogP contribution in [0.1, 0.15) is 58.5 Å². The number of rotatable bonds is 5. The van der Waals surface area contributed by atoms with Crippen LogP contribution in [0.4, 0.5) is 5.69 Å². The van der Waals surface area contributed by atoms with Gasteiger partial charge in [0.25, 0.3) is 0 Å². The fraction of sp³-hybridized carbons (Fsp3) is 0.609. The van der Waals surface area contributed by atoms with Crippen LogP contribution in [0.2, 0.25) is 0 Å². The average molecular weight is 389 g/mol. The number of methoxy groups -OCH3 is 1. The van der Waals surface area contributed by atoms with Gasteiger partial charge in [-0.1, -0.05) is 20.3 Å². The predicted molar refractivity (Wildman–Crippen MR) is 121 cm³/mol. The second-order valence-electron chi connectivity index (χ2n) is 7.52. The van der Waals surface area contributed by atoms with Crippen molar-refractivity contribution in [2.24, 2.45) is 0 Å². The lowest BCUT2D eigenvalue weighted by Gasteiger charge is -2.30. The van der Waals surface area contributed by atoms with Gasteiger partial charge in [-0.3, -0.25) is 4.98 Å². The third-order valence-corrected chi connectivity index (χ3v) is 5.30. The lowest BCUT2D eigenvalue weighted by molar-refractivity contribution is 0.116. The molecule has 1 fully saturated rings. The Morgan fingerprint density at radius 1 is 1.21 bits per heavy atom. The molecule has 0 saturated carbocycles. The molecule has 2 aromatic rings. The number of piperazine rings is 1. The number of aromatic nitrogens is 2. The van der Waals surface area contributed by atoms with E-state index in [1.54, 1.807) is 7.11 Å². The average Bonchev–Trinajstić information content (AvgIpc) is 3.02. The van der Waals surface area contributed by atoms with Crippen molar-refractivity contribution < 1.29 is 6.16 Å². The van der Waals surface area contributed by atoms with Crippen molar-refractivity contribution >= 4 is 5.69 Å². The summed E-state index contributed by atoms with van der Waals surface area (Å²) in [4.78, 5) is 7.24. The Morgan fingerprint density at radius 2 is 1.86 bits per heavy atom. The van der Waals surface area contributed by atoms with E-state index in [0.717, 1.165) is 38.4 Å². The normalized spacial score (nSPS) is 15.2. The van der Waals surface area contributed by atoms with E-state index in [-0.39, 0.29) is 7.53 Å². The highest BCUT2D eigenvalue weighted by atomic mass is 16.5. The Labute approximate surface area is 172 Å². The smallest absolute Gasteiger partial charge is 0.0969 e. The summed E-state index contributed by atoms with van der Waals surface area (Å²) in [6, 6.07) is 2.30. The van der Waals surface area contributed by atoms with E-state index in [1.807, 2.05) is 6.20 Å². The van der Waals surface area contributed by atoms with Crippen LogP contribution < -0.4 is 10.2 Å². The van der Waals surface area contributed by atoms with E-state index in [2.05, 4.69) is 68.6 Å². The molecule has 1 N–H and O–H groups in total. The number of ether oxygens (including phenoxy) is 1. The summed E-state index contributed by atoms with van der Waals surface area (Å²) in [6.07, 6.45) is 5.46. The molecule has 0 radical (unpaired) electrons. The minimum absolute atomic E-state index is 0. The van der Waals surface area contributed by atoms with Crippen molar-refractivity contribution in [2.75, 3.05) is 38.2 Å². The van der Waals surface area contributed by atoms with Crippen molar-refractivity contribution in [2.45, 2.75) is 60.6 Å². The van der Waals surface area contributed by atoms with Gasteiger partial charge in [0.2, 0.25) is 0 Å². The zero-order valence-corrected chi connectivity index (χ0v) is 18.8. The number of nitrogens with one attached hydrogen (secondary N) is 1. The second-order valence-corrected chi connectivity index (χ2v) is 7.52. The van der Waals surface area contributed by atoms with E-state index in [4.69, 9.17) is 9.72 Å². The molecule has 1 saturated heterocycles. The molecule has 0 unspecified atom stereocenters. The largest absolute Gasteiger partial charge is 0.375 e. The zero-order valence-electron chi connectivity index (χ0n) is 18.8. The van der Waals surface area contributed by atoms with E-state index in [1.165, 1.54) is 34.5 Å². The Kier molecular flexibility index (Phi) is 8.52. The number of nitrogens with zero attached hydrogens (tertiary/aromatic N) is 3. The summed E-state index contributed by atoms with van der Waals surface area (Å²) >= 11 is 0. The van der Waals surface area contributed by atoms with Crippen molar-refractivity contribution in [3.8, 4) is 11.3 Å². The SMILES string of the molecule is CCC.CCn1cc(C)c(C)c1-c1cc(N2CCNCC2)cnc1[C@H](C)OC.[HH]. The summed E-state index contributed by atoms with van der Waals surface area (Å²) in [5.74, 6) is 0. The van der Waals surface area contributed by atoms with Crippen molar-refractivity contribution in [3.63, 3.8) is 0 Å². The lowest BCUT2D eigenvalue weighted by atomic mass is 10.0. The highest BCUT2D eigenvalue weighted by Gasteiger charge is 2.21. The molecule has 0 amide bonds. The highest BCUT2D eigenvalue weighted by Crippen LogP contribution is 2.35. The summed E-state index contributed by atoms with van der Waals surface area (Å²) in [6.45, 7) is 17.9. The Bertz CT molecular complexity index is 754. The maximum atomic E-state index is 5.61. The van der Waals surface area contributed by atoms with Crippen LogP contribution in [0.15, 0.2) is 18.5 Å². The molecular formula is C23H40N4O. The monoisotopic (exact) mass is 388 g/mol. The van der Waals surface area contributed by atoms with Crippen LogP contribution >= 0.6 is 0 Å². The third kappa shape index (κ3) is 4.95. The Hall–Kier alpha value is -1.85. The number of aryl methyl sites for hydroxylation is 2. The van der Waals surface area contributed by atoms with Gasteiger partial charge in [-0.05, 0) is 44.9 Å². The molecule has 0 spiro atoms. The fourth-order valence-electron chi connectivity index (χ4n) is 3.59. The van der Waals surface area contributed by atoms with Crippen LogP contribution in [0, 0.1) is 13.8 Å². The zero-order chi connectivity index (χ0) is 20.7. The van der Waals surface area contributed by atoms with Gasteiger partial charge in [-0.15, -0.1) is 0 Å². The molecule has 5 heteroatoms. The van der Waals surface area contributed by atoms with Gasteiger partial charge >= 0.3 is 0 Å². The van der Waals surface area contributed by atoms with Gasteiger partial charge in [-0.2, -0.15) is 0 Å². The number of pyridine rings is 1. The first-order valence-corrected chi connectivity index (χ1v) is 10.6. The topological polar surface area (TPSA) is 42.3 Å². The first-order valence-electron chi connectivity index (χ1n) is 10.6. The highest BCUT2D eigenvalue weighted by molar-refractivity contribution is 5.72. The number of hydrogen-bond acceptors (Lipinski definition) is 4. The molecule has 5 nitrogen and oxygen atoms in total. The minimum Gasteiger partial charge on any atom is -0.375 e. The van der Waals surface area contributed by atoms with Crippen molar-refractivity contribution in [1.29, 1.82) is 0 Å². The lowest BCUT2D eigenvalue weighted by Crippen LogP contribution is -2.43. The van der Waals surface area contributed by atoms with Gasteiger partial charge in [0.05, 0.1) is 29.4 Å². The molecule has 1 aliphatic heterocycles. The van der Waals surface area contributed by atoms with Gasteiger partial charge < -0.3 is 19.5 Å². The molecular weight excluding hydrogens is 348 g/mol. The first-order chi connectivity index (χ1) is 13.5. The molecule has 0 aliphatic carbocycles. The summed E-state index contributed by atoms with van der Waals surface area (Å²) in [5.41, 5.74) is 7.31. The van der Waals surface area contributed by atoms with Crippen LogP contribution in [-0.4, -0.2) is 42.8 Å². The molecule has 0 aromatic carbocycles. The predicted octanol–water partition coefficient (Wildman–Crippen LogP) is 4.97. The summed E-state index contributed by atoms with van der Waals surface area (Å²) in [5, 5.41) is 3.41. The third-order valence-electron chi connectivity index (χ3n) is 5.30. The molecule has 158 valence electrons. The molecule has 3 rings (SSSR count). The standard InChI is InChI=1S/C20H30N4O.C3H8.H2/c1-6-23-13-14(2)15(3)20(23)18-11-17(24-9-7-21-8-10-24)12-22-19(18)16(4)25-5;1-3-2;/h11-13,16,21H,6-10H2,1-5H3;3H2,1-2H3;1H/t16-;;/m0../s1. The van der Waals surface area contributed by atoms with Gasteiger partial charge in [0, 0.05) is 53.0 Å². The molecule has 0 bridgehead atoms. The molecule has 1 atom stereocenters. The van der Waals surface area contributed by atoms with Gasteiger partial charge in [0.1, 0.15) is 0 Å². The minimum atomic E-state index is -0.0352. The molecule has 28 heavy (non-hydrogen) atoms. The van der Waals surface area contributed by atoms with E-state index < -0.39 is 0 Å². The molecule has 1 aliphatic rings. The number of hydrogen-bond donors (Lipinski definition) is 1. The summed E-state index contributed by atoms with van der Waals surface area (Å²) < 4.78 is 7.94. The summed E-state index contributed by atoms with van der Waals surface area (Å²) in [7, 11) is 1.75. The number of anilines is 1. The Balaban J connectivity index is 0.000000990. The van der Waals surface area contributed by atoms with E-state index in [0.29, 0.717) is 0 Å². The van der Waals surface area contributed by atoms with Gasteiger partial charge in [-0.25, -0.2) is 0 Å². The fourth-order valence-corrected chi connectivity index (χ4v) is 3.59. The van der Waals surface area contributed by atoms with E-state index >= 15 is 0 Å². The van der Waals surface area contributed by atoms with Crippen LogP contribution in [0.25, 0.3) is 11.3 Å². The second kappa shape index (κ2) is 10.6. The van der Waals surface area contributed by atoms with Crippen LogP contribution in [0.3, 0.4) is 0 Å². The van der Waals surface area contributed by atoms with Gasteiger partial charge in [0.15, 0.2) is 0 Å². The van der Waals surface area contributed by atoms with Crippen LogP contribution in [-0.2, 0) is 11.3 Å². The molecule has 2 aromatic heterocycles. The van der Waals surface area contributed by atoms with E-state index in [9.17, 15) is 0 Å². The quantitative estimate of drug-likeness (QED) is 0.785. The van der Waals surface area contributed by atoms with Crippen LogP contribution in [0.5, 0.6) is 0 Å². The maximum absolute atomic E-state index is 5.61. The van der Waals surface area contributed by atoms with Crippen molar-refractivity contribution in [1.82, 2.24) is 14.9 Å². The Morgan fingerprint density at radius 3 is 2.43 bits per heavy atom. The maximum Gasteiger partial charge on any atom is 0.0969 e. The molecule has 3 heterocycles. The van der Waals surface area contributed by atoms with Crippen molar-refractivity contribution in [3.05, 3.63) is 35.3 Å². The first kappa shape index (κ1) is 22.4.